The predicted octanol–water partition coefficient (Wildman–Crippen LogP) is 0.212. The maximum absolute atomic E-state index is 13.3. The molecular formula is C17H22N4O4. The number of fused-ring (bicyclic) bond motifs is 2. The van der Waals surface area contributed by atoms with Crippen molar-refractivity contribution in [2.45, 2.75) is 24.4 Å². The third-order valence-corrected chi connectivity index (χ3v) is 5.53. The van der Waals surface area contributed by atoms with Gasteiger partial charge in [0.1, 0.15) is 5.75 Å². The number of methoxy groups -OCH3 is 1. The predicted molar refractivity (Wildman–Crippen MR) is 90.2 cm³/mol. The summed E-state index contributed by atoms with van der Waals surface area (Å²) in [5.74, 6) is -1.02. The Balaban J connectivity index is 1.67. The van der Waals surface area contributed by atoms with Crippen LogP contribution in [0.5, 0.6) is 5.75 Å². The molecule has 0 saturated carbocycles. The number of amides is 1. The lowest BCUT2D eigenvalue weighted by Crippen LogP contribution is -2.62. The molecule has 1 aromatic rings. The second kappa shape index (κ2) is 5.89. The van der Waals surface area contributed by atoms with Crippen LogP contribution in [0.15, 0.2) is 18.2 Å². The summed E-state index contributed by atoms with van der Waals surface area (Å²) in [6.07, 6.45) is 2.20. The summed E-state index contributed by atoms with van der Waals surface area (Å²) in [6, 6.07) is 5.34. The van der Waals surface area contributed by atoms with Gasteiger partial charge in [0.2, 0.25) is 5.54 Å². The molecule has 0 bridgehead atoms. The summed E-state index contributed by atoms with van der Waals surface area (Å²) >= 11 is 0. The van der Waals surface area contributed by atoms with Gasteiger partial charge in [-0.1, -0.05) is 6.07 Å². The average molecular weight is 346 g/mol. The van der Waals surface area contributed by atoms with Crippen molar-refractivity contribution in [3.05, 3.63) is 23.8 Å². The Morgan fingerprint density at radius 3 is 2.92 bits per heavy atom. The first-order valence-corrected chi connectivity index (χ1v) is 8.55. The quantitative estimate of drug-likeness (QED) is 0.674. The first-order valence-electron chi connectivity index (χ1n) is 8.55. The first kappa shape index (κ1) is 16.2. The van der Waals surface area contributed by atoms with Crippen LogP contribution in [0.1, 0.15) is 18.4 Å². The van der Waals surface area contributed by atoms with Crippen molar-refractivity contribution in [3.8, 4) is 5.75 Å². The van der Waals surface area contributed by atoms with E-state index in [2.05, 4.69) is 15.8 Å². The van der Waals surface area contributed by atoms with Crippen molar-refractivity contribution >= 4 is 17.6 Å². The highest BCUT2D eigenvalue weighted by Crippen LogP contribution is 2.38. The van der Waals surface area contributed by atoms with Crippen LogP contribution in [0.3, 0.4) is 0 Å². The van der Waals surface area contributed by atoms with E-state index in [9.17, 15) is 14.7 Å². The molecule has 2 atom stereocenters. The maximum Gasteiger partial charge on any atom is 0.340 e. The molecule has 8 heteroatoms. The number of anilines is 1. The largest absolute Gasteiger partial charge is 0.497 e. The molecule has 3 heterocycles. The summed E-state index contributed by atoms with van der Waals surface area (Å²) in [4.78, 5) is 29.5. The zero-order valence-electron chi connectivity index (χ0n) is 14.1. The Morgan fingerprint density at radius 1 is 1.32 bits per heavy atom. The van der Waals surface area contributed by atoms with Crippen LogP contribution >= 0.6 is 0 Å². The number of piperazine rings is 1. The van der Waals surface area contributed by atoms with Gasteiger partial charge < -0.3 is 20.2 Å². The van der Waals surface area contributed by atoms with Gasteiger partial charge >= 0.3 is 5.97 Å². The first-order chi connectivity index (χ1) is 12.1. The number of hydrogen-bond donors (Lipinski definition) is 3. The van der Waals surface area contributed by atoms with E-state index in [1.165, 1.54) is 0 Å². The Labute approximate surface area is 145 Å². The van der Waals surface area contributed by atoms with Crippen molar-refractivity contribution in [2.75, 3.05) is 38.7 Å². The topological polar surface area (TPSA) is 94.1 Å². The van der Waals surface area contributed by atoms with Gasteiger partial charge in [0.05, 0.1) is 12.8 Å². The van der Waals surface area contributed by atoms with E-state index in [0.29, 0.717) is 36.1 Å². The van der Waals surface area contributed by atoms with Gasteiger partial charge in [0.15, 0.2) is 0 Å². The van der Waals surface area contributed by atoms with Gasteiger partial charge in [-0.15, -0.1) is 0 Å². The molecule has 3 aliphatic rings. The number of rotatable bonds is 3. The Morgan fingerprint density at radius 2 is 2.16 bits per heavy atom. The van der Waals surface area contributed by atoms with Gasteiger partial charge in [-0.3, -0.25) is 9.69 Å². The minimum atomic E-state index is -1.80. The van der Waals surface area contributed by atoms with Crippen LogP contribution in [0.2, 0.25) is 0 Å². The van der Waals surface area contributed by atoms with Crippen LogP contribution in [0, 0.1) is 0 Å². The number of nitrogens with zero attached hydrogens (tertiary/aromatic N) is 2. The fourth-order valence-electron chi connectivity index (χ4n) is 4.15. The number of carbonyl (C=O) groups is 2. The highest BCUT2D eigenvalue weighted by molar-refractivity contribution is 6.10. The Bertz CT molecular complexity index is 725. The van der Waals surface area contributed by atoms with Gasteiger partial charge in [-0.25, -0.2) is 10.2 Å². The number of ether oxygens (including phenoxy) is 1. The molecule has 0 aromatic heterocycles. The highest BCUT2D eigenvalue weighted by atomic mass is 16.5. The SMILES string of the molecule is COc1ccc2c(c1)NNC2(C(=O)O)C(=O)N1CCN2CCCC2C1. The number of hydrogen-bond acceptors (Lipinski definition) is 6. The minimum Gasteiger partial charge on any atom is -0.497 e. The monoisotopic (exact) mass is 346 g/mol. The van der Waals surface area contributed by atoms with Crippen molar-refractivity contribution in [3.63, 3.8) is 0 Å². The molecule has 0 radical (unpaired) electrons. The molecule has 1 aromatic carbocycles. The number of carboxylic acid groups (broad SMARTS) is 1. The van der Waals surface area contributed by atoms with Gasteiger partial charge in [0.25, 0.3) is 5.91 Å². The van der Waals surface area contributed by atoms with E-state index < -0.39 is 17.4 Å². The molecule has 2 unspecified atom stereocenters. The fraction of sp³-hybridized carbons (Fsp3) is 0.529. The van der Waals surface area contributed by atoms with E-state index in [-0.39, 0.29) is 0 Å². The smallest absolute Gasteiger partial charge is 0.340 e. The van der Waals surface area contributed by atoms with E-state index in [4.69, 9.17) is 4.74 Å². The van der Waals surface area contributed by atoms with Gasteiger partial charge in [0, 0.05) is 37.3 Å². The lowest BCUT2D eigenvalue weighted by molar-refractivity contribution is -0.156. The Hall–Kier alpha value is -2.32. The summed E-state index contributed by atoms with van der Waals surface area (Å²) in [5, 5.41) is 9.93. The Kier molecular flexibility index (Phi) is 3.81. The summed E-state index contributed by atoms with van der Waals surface area (Å²) in [7, 11) is 1.54. The average Bonchev–Trinajstić information content (AvgIpc) is 3.24. The normalized spacial score (nSPS) is 28.2. The molecule has 3 N–H and O–H groups in total. The number of benzene rings is 1. The van der Waals surface area contributed by atoms with E-state index in [0.717, 1.165) is 25.9 Å². The molecule has 2 saturated heterocycles. The standard InChI is InChI=1S/C17H22N4O4/c1-25-12-4-5-13-14(9-12)18-19-17(13,16(23)24)15(22)21-8-7-20-6-2-3-11(20)10-21/h4-5,9,11,18-19H,2-3,6-8,10H2,1H3,(H,23,24). The number of aliphatic carboxylic acids is 1. The molecule has 134 valence electrons. The number of carbonyl (C=O) groups excluding carboxylic acids is 1. The van der Waals surface area contributed by atoms with Crippen LogP contribution in [-0.2, 0) is 15.1 Å². The molecule has 2 fully saturated rings. The van der Waals surface area contributed by atoms with Gasteiger partial charge in [-0.2, -0.15) is 0 Å². The zero-order valence-corrected chi connectivity index (χ0v) is 14.1. The summed E-state index contributed by atoms with van der Waals surface area (Å²) in [6.45, 7) is 3.01. The van der Waals surface area contributed by atoms with Crippen LogP contribution < -0.4 is 15.6 Å². The number of nitrogens with one attached hydrogen (secondary N) is 2. The lowest BCUT2D eigenvalue weighted by Gasteiger charge is -2.40. The lowest BCUT2D eigenvalue weighted by atomic mass is 9.88. The maximum atomic E-state index is 13.3. The molecule has 25 heavy (non-hydrogen) atoms. The molecule has 3 aliphatic heterocycles. The molecule has 0 aliphatic carbocycles. The summed E-state index contributed by atoms with van der Waals surface area (Å²) in [5.41, 5.74) is 4.74. The van der Waals surface area contributed by atoms with E-state index >= 15 is 0 Å². The van der Waals surface area contributed by atoms with Crippen LogP contribution in [0.4, 0.5) is 5.69 Å². The zero-order chi connectivity index (χ0) is 17.6. The van der Waals surface area contributed by atoms with Crippen molar-refractivity contribution in [1.29, 1.82) is 0 Å². The minimum absolute atomic E-state index is 0.341. The highest BCUT2D eigenvalue weighted by Gasteiger charge is 2.55. The second-order valence-corrected chi connectivity index (χ2v) is 6.80. The van der Waals surface area contributed by atoms with Crippen molar-refractivity contribution < 1.29 is 19.4 Å². The van der Waals surface area contributed by atoms with E-state index in [1.807, 2.05) is 0 Å². The number of carboxylic acids is 1. The molecule has 4 rings (SSSR count). The van der Waals surface area contributed by atoms with Crippen molar-refractivity contribution in [1.82, 2.24) is 15.2 Å². The van der Waals surface area contributed by atoms with Crippen LogP contribution in [-0.4, -0.2) is 66.1 Å². The van der Waals surface area contributed by atoms with Gasteiger partial charge in [-0.05, 0) is 25.5 Å². The van der Waals surface area contributed by atoms with Crippen LogP contribution in [0.25, 0.3) is 0 Å². The molecule has 1 amide bonds. The fourth-order valence-corrected chi connectivity index (χ4v) is 4.15. The molecule has 0 spiro atoms. The molecule has 8 nitrogen and oxygen atoms in total. The second-order valence-electron chi connectivity index (χ2n) is 6.80. The number of hydrazine groups is 1. The third-order valence-electron chi connectivity index (χ3n) is 5.53. The summed E-state index contributed by atoms with van der Waals surface area (Å²) < 4.78 is 5.18. The van der Waals surface area contributed by atoms with E-state index in [1.54, 1.807) is 30.2 Å². The molecular weight excluding hydrogens is 324 g/mol. The van der Waals surface area contributed by atoms with Crippen molar-refractivity contribution in [2.24, 2.45) is 0 Å². The third kappa shape index (κ3) is 2.36.